The molecular formula is C21H24ClN3OS. The third kappa shape index (κ3) is 3.56. The smallest absolute Gasteiger partial charge is 0.262 e. The summed E-state index contributed by atoms with van der Waals surface area (Å²) in [6, 6.07) is 7.71. The molecule has 1 unspecified atom stereocenters. The van der Waals surface area contributed by atoms with Gasteiger partial charge in [-0.3, -0.25) is 9.36 Å². The summed E-state index contributed by atoms with van der Waals surface area (Å²) in [6.07, 6.45) is 3.18. The van der Waals surface area contributed by atoms with Crippen LogP contribution in [0.5, 0.6) is 0 Å². The fourth-order valence-corrected chi connectivity index (χ4v) is 5.42. The summed E-state index contributed by atoms with van der Waals surface area (Å²) < 4.78 is 1.81. The van der Waals surface area contributed by atoms with Crippen LogP contribution >= 0.6 is 22.9 Å². The van der Waals surface area contributed by atoms with Crippen LogP contribution in [0.3, 0.4) is 0 Å². The van der Waals surface area contributed by atoms with Gasteiger partial charge >= 0.3 is 0 Å². The largest absolute Gasteiger partial charge is 0.302 e. The molecular weight excluding hydrogens is 378 g/mol. The molecule has 2 aromatic heterocycles. The summed E-state index contributed by atoms with van der Waals surface area (Å²) in [5.74, 6) is 1.47. The summed E-state index contributed by atoms with van der Waals surface area (Å²) in [7, 11) is 3.99. The Balaban J connectivity index is 1.91. The van der Waals surface area contributed by atoms with Crippen molar-refractivity contribution in [3.8, 4) is 0 Å². The van der Waals surface area contributed by atoms with Gasteiger partial charge in [-0.1, -0.05) is 36.7 Å². The second-order valence-corrected chi connectivity index (χ2v) is 9.27. The van der Waals surface area contributed by atoms with Crippen LogP contribution in [0.2, 0.25) is 5.02 Å². The number of fused-ring (bicyclic) bond motifs is 3. The van der Waals surface area contributed by atoms with Crippen LogP contribution in [0.1, 0.15) is 35.2 Å². The first-order valence-electron chi connectivity index (χ1n) is 9.36. The molecule has 1 atom stereocenters. The van der Waals surface area contributed by atoms with Gasteiger partial charge in [-0.2, -0.15) is 0 Å². The fraction of sp³-hybridized carbons (Fsp3) is 0.429. The molecule has 0 spiro atoms. The number of nitrogens with zero attached hydrogens (tertiary/aromatic N) is 3. The Morgan fingerprint density at radius 1 is 1.33 bits per heavy atom. The first kappa shape index (κ1) is 18.7. The van der Waals surface area contributed by atoms with E-state index in [1.54, 1.807) is 11.3 Å². The highest BCUT2D eigenvalue weighted by Gasteiger charge is 2.24. The molecule has 4 rings (SSSR count). The lowest BCUT2D eigenvalue weighted by Crippen LogP contribution is -2.29. The summed E-state index contributed by atoms with van der Waals surface area (Å²) >= 11 is 8.08. The zero-order chi connectivity index (χ0) is 19.1. The average Bonchev–Trinajstić information content (AvgIpc) is 2.96. The molecule has 0 amide bonds. The van der Waals surface area contributed by atoms with Crippen LogP contribution in [-0.2, 0) is 25.9 Å². The van der Waals surface area contributed by atoms with Crippen molar-refractivity contribution in [2.45, 2.75) is 39.3 Å². The van der Waals surface area contributed by atoms with E-state index in [-0.39, 0.29) is 5.56 Å². The van der Waals surface area contributed by atoms with Crippen LogP contribution in [0.25, 0.3) is 10.2 Å². The molecule has 1 aromatic carbocycles. The van der Waals surface area contributed by atoms with Gasteiger partial charge in [0.05, 0.1) is 18.5 Å². The van der Waals surface area contributed by atoms with Crippen LogP contribution in [0, 0.1) is 5.92 Å². The number of aromatic nitrogens is 2. The van der Waals surface area contributed by atoms with E-state index in [0.29, 0.717) is 24.0 Å². The summed E-state index contributed by atoms with van der Waals surface area (Å²) in [6.45, 7) is 3.36. The minimum atomic E-state index is 0.0730. The van der Waals surface area contributed by atoms with E-state index in [0.717, 1.165) is 40.9 Å². The molecule has 0 fully saturated rings. The molecule has 1 aliphatic rings. The number of hydrogen-bond acceptors (Lipinski definition) is 4. The van der Waals surface area contributed by atoms with Crippen LogP contribution in [-0.4, -0.2) is 28.5 Å². The number of thiophene rings is 1. The highest BCUT2D eigenvalue weighted by molar-refractivity contribution is 7.18. The van der Waals surface area contributed by atoms with E-state index in [2.05, 4.69) is 6.92 Å². The molecule has 0 N–H and O–H groups in total. The van der Waals surface area contributed by atoms with E-state index in [1.807, 2.05) is 47.8 Å². The van der Waals surface area contributed by atoms with E-state index < -0.39 is 0 Å². The number of rotatable bonds is 4. The van der Waals surface area contributed by atoms with E-state index in [1.165, 1.54) is 10.4 Å². The number of halogens is 1. The van der Waals surface area contributed by atoms with E-state index in [9.17, 15) is 4.79 Å². The van der Waals surface area contributed by atoms with Gasteiger partial charge in [0.2, 0.25) is 0 Å². The highest BCUT2D eigenvalue weighted by Crippen LogP contribution is 2.36. The normalized spacial score (nSPS) is 16.9. The van der Waals surface area contributed by atoms with Gasteiger partial charge in [0, 0.05) is 9.90 Å². The summed E-state index contributed by atoms with van der Waals surface area (Å²) in [5, 5.41) is 1.51. The Hall–Kier alpha value is -1.69. The van der Waals surface area contributed by atoms with Crippen molar-refractivity contribution in [1.82, 2.24) is 14.5 Å². The standard InChI is InChI=1S/C21H24ClN3OS/c1-13-8-9-15-17(10-13)27-20-19(15)21(26)25(18(23-20)12-24(2)3)11-14-6-4-5-7-16(14)22/h4-7,13H,8-12H2,1-3H3. The molecule has 3 aromatic rings. The predicted molar refractivity (Wildman–Crippen MR) is 113 cm³/mol. The molecule has 6 heteroatoms. The lowest BCUT2D eigenvalue weighted by molar-refractivity contribution is 0.379. The maximum atomic E-state index is 13.5. The molecule has 0 radical (unpaired) electrons. The Morgan fingerprint density at radius 2 is 2.11 bits per heavy atom. The molecule has 0 aliphatic heterocycles. The van der Waals surface area contributed by atoms with Crippen molar-refractivity contribution < 1.29 is 0 Å². The van der Waals surface area contributed by atoms with Gasteiger partial charge < -0.3 is 4.90 Å². The molecule has 0 saturated heterocycles. The maximum absolute atomic E-state index is 13.5. The van der Waals surface area contributed by atoms with Crippen molar-refractivity contribution in [1.29, 1.82) is 0 Å². The zero-order valence-electron chi connectivity index (χ0n) is 16.0. The predicted octanol–water partition coefficient (Wildman–Crippen LogP) is 4.35. The lowest BCUT2D eigenvalue weighted by atomic mass is 9.89. The topological polar surface area (TPSA) is 38.1 Å². The van der Waals surface area contributed by atoms with Crippen LogP contribution in [0.4, 0.5) is 0 Å². The van der Waals surface area contributed by atoms with Crippen molar-refractivity contribution in [2.75, 3.05) is 14.1 Å². The van der Waals surface area contributed by atoms with E-state index in [4.69, 9.17) is 16.6 Å². The Kier molecular flexibility index (Phi) is 5.10. The number of aryl methyl sites for hydroxylation is 1. The number of benzene rings is 1. The maximum Gasteiger partial charge on any atom is 0.262 e. The quantitative estimate of drug-likeness (QED) is 0.652. The second kappa shape index (κ2) is 7.38. The monoisotopic (exact) mass is 401 g/mol. The van der Waals surface area contributed by atoms with Crippen LogP contribution < -0.4 is 5.56 Å². The van der Waals surface area contributed by atoms with Gasteiger partial charge in [-0.25, -0.2) is 4.98 Å². The van der Waals surface area contributed by atoms with Gasteiger partial charge in [0.25, 0.3) is 5.56 Å². The molecule has 4 nitrogen and oxygen atoms in total. The third-order valence-electron chi connectivity index (χ3n) is 5.24. The Labute approximate surface area is 168 Å². The first-order chi connectivity index (χ1) is 12.9. The fourth-order valence-electron chi connectivity index (χ4n) is 3.83. The lowest BCUT2D eigenvalue weighted by Gasteiger charge is -2.18. The molecule has 0 saturated carbocycles. The SMILES string of the molecule is CC1CCc2c(sc3nc(CN(C)C)n(Cc4ccccc4Cl)c(=O)c23)C1. The van der Waals surface area contributed by atoms with Gasteiger partial charge in [0.1, 0.15) is 10.7 Å². The van der Waals surface area contributed by atoms with Crippen molar-refractivity contribution >= 4 is 33.2 Å². The zero-order valence-corrected chi connectivity index (χ0v) is 17.5. The Morgan fingerprint density at radius 3 is 2.85 bits per heavy atom. The van der Waals surface area contributed by atoms with Gasteiger partial charge in [-0.15, -0.1) is 11.3 Å². The van der Waals surface area contributed by atoms with Crippen LogP contribution in [0.15, 0.2) is 29.1 Å². The molecule has 142 valence electrons. The molecule has 27 heavy (non-hydrogen) atoms. The van der Waals surface area contributed by atoms with Crippen molar-refractivity contribution in [3.05, 3.63) is 61.5 Å². The van der Waals surface area contributed by atoms with E-state index >= 15 is 0 Å². The third-order valence-corrected chi connectivity index (χ3v) is 6.76. The van der Waals surface area contributed by atoms with Gasteiger partial charge in [0.15, 0.2) is 0 Å². The van der Waals surface area contributed by atoms with Crippen molar-refractivity contribution in [2.24, 2.45) is 5.92 Å². The molecule has 0 bridgehead atoms. The highest BCUT2D eigenvalue weighted by atomic mass is 35.5. The minimum absolute atomic E-state index is 0.0730. The Bertz CT molecular complexity index is 1050. The number of hydrogen-bond donors (Lipinski definition) is 0. The first-order valence-corrected chi connectivity index (χ1v) is 10.6. The minimum Gasteiger partial charge on any atom is -0.302 e. The summed E-state index contributed by atoms with van der Waals surface area (Å²) in [4.78, 5) is 22.7. The average molecular weight is 402 g/mol. The molecule has 2 heterocycles. The second-order valence-electron chi connectivity index (χ2n) is 7.78. The van der Waals surface area contributed by atoms with Gasteiger partial charge in [-0.05, 0) is 56.5 Å². The molecule has 1 aliphatic carbocycles. The summed E-state index contributed by atoms with van der Waals surface area (Å²) in [5.41, 5.74) is 2.25. The van der Waals surface area contributed by atoms with Crippen molar-refractivity contribution in [3.63, 3.8) is 0 Å².